The summed E-state index contributed by atoms with van der Waals surface area (Å²) in [5.74, 6) is 6.67. The molecule has 0 aromatic carbocycles. The second kappa shape index (κ2) is 4.12. The summed E-state index contributed by atoms with van der Waals surface area (Å²) in [5, 5.41) is 1.47. The third kappa shape index (κ3) is 2.14. The number of hydrogen-bond donors (Lipinski definition) is 2. The number of thioether (sulfide) groups is 1. The van der Waals surface area contributed by atoms with Gasteiger partial charge < -0.3 is 10.2 Å². The van der Waals surface area contributed by atoms with Crippen LogP contribution in [-0.2, 0) is 4.74 Å². The van der Waals surface area contributed by atoms with Gasteiger partial charge in [0, 0.05) is 6.07 Å². The van der Waals surface area contributed by atoms with Gasteiger partial charge >= 0.3 is 0 Å². The fourth-order valence-corrected chi connectivity index (χ4v) is 2.16. The minimum Gasteiger partial charge on any atom is -0.379 e. The summed E-state index contributed by atoms with van der Waals surface area (Å²) in [6.07, 6.45) is 0. The van der Waals surface area contributed by atoms with Gasteiger partial charge in [-0.05, 0) is 6.92 Å². The summed E-state index contributed by atoms with van der Waals surface area (Å²) in [4.78, 5) is 8.42. The Labute approximate surface area is 86.4 Å². The van der Waals surface area contributed by atoms with Crippen LogP contribution < -0.4 is 11.3 Å². The largest absolute Gasteiger partial charge is 0.379 e. The number of nitrogens with zero attached hydrogens (tertiary/aromatic N) is 2. The van der Waals surface area contributed by atoms with E-state index in [1.807, 2.05) is 13.0 Å². The minimum absolute atomic E-state index is 0.523. The Kier molecular flexibility index (Phi) is 2.85. The van der Waals surface area contributed by atoms with Crippen molar-refractivity contribution in [3.63, 3.8) is 0 Å². The van der Waals surface area contributed by atoms with Crippen LogP contribution in [0.2, 0.25) is 0 Å². The van der Waals surface area contributed by atoms with Crippen LogP contribution in [0.4, 0.5) is 5.82 Å². The summed E-state index contributed by atoms with van der Waals surface area (Å²) in [7, 11) is 0. The van der Waals surface area contributed by atoms with Crippen molar-refractivity contribution in [3.05, 3.63) is 11.9 Å². The zero-order chi connectivity index (χ0) is 9.97. The molecule has 1 fully saturated rings. The van der Waals surface area contributed by atoms with Crippen LogP contribution in [0, 0.1) is 6.92 Å². The maximum Gasteiger partial charge on any atom is 0.144 e. The van der Waals surface area contributed by atoms with E-state index >= 15 is 0 Å². The molecule has 0 bridgehead atoms. The van der Waals surface area contributed by atoms with E-state index in [9.17, 15) is 0 Å². The standard InChI is InChI=1S/C8H12N4OS/c1-5-10-7(12-9)2-8(11-5)14-6-3-13-4-6/h2,6H,3-4,9H2,1H3,(H,10,11,12). The molecule has 2 rings (SSSR count). The van der Waals surface area contributed by atoms with Gasteiger partial charge in [-0.2, -0.15) is 0 Å². The second-order valence-electron chi connectivity index (χ2n) is 3.06. The number of nitrogens with one attached hydrogen (secondary N) is 1. The molecule has 2 heterocycles. The van der Waals surface area contributed by atoms with E-state index in [1.165, 1.54) is 0 Å². The van der Waals surface area contributed by atoms with E-state index < -0.39 is 0 Å². The van der Waals surface area contributed by atoms with Crippen LogP contribution in [0.3, 0.4) is 0 Å². The van der Waals surface area contributed by atoms with Gasteiger partial charge in [-0.1, -0.05) is 11.8 Å². The number of aromatic nitrogens is 2. The van der Waals surface area contributed by atoms with Crippen molar-refractivity contribution in [1.29, 1.82) is 0 Å². The van der Waals surface area contributed by atoms with Crippen LogP contribution in [-0.4, -0.2) is 28.4 Å². The van der Waals surface area contributed by atoms with Crippen molar-refractivity contribution in [3.8, 4) is 0 Å². The highest BCUT2D eigenvalue weighted by atomic mass is 32.2. The first-order chi connectivity index (χ1) is 6.78. The molecule has 76 valence electrons. The maximum atomic E-state index is 5.29. The molecule has 14 heavy (non-hydrogen) atoms. The zero-order valence-electron chi connectivity index (χ0n) is 7.86. The molecule has 0 radical (unpaired) electrons. The third-order valence-electron chi connectivity index (χ3n) is 1.86. The van der Waals surface area contributed by atoms with Gasteiger partial charge in [0.2, 0.25) is 0 Å². The lowest BCUT2D eigenvalue weighted by atomic mass is 10.4. The first-order valence-corrected chi connectivity index (χ1v) is 5.22. The number of nitrogen functional groups attached to an aromatic ring is 1. The average Bonchev–Trinajstić information content (AvgIpc) is 2.10. The van der Waals surface area contributed by atoms with Crippen LogP contribution in [0.15, 0.2) is 11.1 Å². The van der Waals surface area contributed by atoms with Gasteiger partial charge in [0.15, 0.2) is 0 Å². The number of rotatable bonds is 3. The Morgan fingerprint density at radius 3 is 2.93 bits per heavy atom. The number of nitrogens with two attached hydrogens (primary N) is 1. The molecule has 1 aliphatic rings. The van der Waals surface area contributed by atoms with E-state index in [1.54, 1.807) is 11.8 Å². The highest BCUT2D eigenvalue weighted by Crippen LogP contribution is 2.27. The molecular weight excluding hydrogens is 200 g/mol. The Bertz CT molecular complexity index is 329. The predicted molar refractivity (Wildman–Crippen MR) is 55.0 cm³/mol. The topological polar surface area (TPSA) is 73.1 Å². The summed E-state index contributed by atoms with van der Waals surface area (Å²) >= 11 is 1.70. The molecule has 1 aliphatic heterocycles. The van der Waals surface area contributed by atoms with Gasteiger partial charge in [0.05, 0.1) is 18.5 Å². The molecular formula is C8H12N4OS. The van der Waals surface area contributed by atoms with Crippen molar-refractivity contribution in [2.24, 2.45) is 5.84 Å². The molecule has 1 aromatic rings. The first kappa shape index (κ1) is 9.70. The fourth-order valence-electron chi connectivity index (χ4n) is 1.13. The van der Waals surface area contributed by atoms with Gasteiger partial charge in [0.25, 0.3) is 0 Å². The van der Waals surface area contributed by atoms with Crippen molar-refractivity contribution in [1.82, 2.24) is 9.97 Å². The van der Waals surface area contributed by atoms with E-state index in [0.717, 1.165) is 24.1 Å². The predicted octanol–water partition coefficient (Wildman–Crippen LogP) is 0.562. The number of hydrogen-bond acceptors (Lipinski definition) is 6. The number of anilines is 1. The normalized spacial score (nSPS) is 16.4. The molecule has 1 saturated heterocycles. The number of aryl methyl sites for hydroxylation is 1. The molecule has 5 nitrogen and oxygen atoms in total. The molecule has 0 unspecified atom stereocenters. The maximum absolute atomic E-state index is 5.29. The molecule has 0 atom stereocenters. The molecule has 1 aromatic heterocycles. The summed E-state index contributed by atoms with van der Waals surface area (Å²) in [6, 6.07) is 1.84. The van der Waals surface area contributed by atoms with Crippen LogP contribution >= 0.6 is 11.8 Å². The van der Waals surface area contributed by atoms with E-state index in [-0.39, 0.29) is 0 Å². The lowest BCUT2D eigenvalue weighted by Gasteiger charge is -2.24. The third-order valence-corrected chi connectivity index (χ3v) is 2.91. The quantitative estimate of drug-likeness (QED) is 0.433. The average molecular weight is 212 g/mol. The SMILES string of the molecule is Cc1nc(NN)cc(SC2COC2)n1. The zero-order valence-corrected chi connectivity index (χ0v) is 8.67. The van der Waals surface area contributed by atoms with E-state index in [2.05, 4.69) is 15.4 Å². The summed E-state index contributed by atoms with van der Waals surface area (Å²) < 4.78 is 5.09. The van der Waals surface area contributed by atoms with Crippen LogP contribution in [0.25, 0.3) is 0 Å². The molecule has 0 amide bonds. The van der Waals surface area contributed by atoms with Crippen LogP contribution in [0.5, 0.6) is 0 Å². The monoisotopic (exact) mass is 212 g/mol. The Hall–Kier alpha value is -0.850. The first-order valence-electron chi connectivity index (χ1n) is 4.34. The lowest BCUT2D eigenvalue weighted by molar-refractivity contribution is 0.0454. The van der Waals surface area contributed by atoms with Crippen molar-refractivity contribution < 1.29 is 4.74 Å². The Balaban J connectivity index is 2.11. The highest BCUT2D eigenvalue weighted by molar-refractivity contribution is 8.00. The summed E-state index contributed by atoms with van der Waals surface area (Å²) in [5.41, 5.74) is 2.52. The highest BCUT2D eigenvalue weighted by Gasteiger charge is 2.20. The van der Waals surface area contributed by atoms with Gasteiger partial charge in [-0.15, -0.1) is 0 Å². The van der Waals surface area contributed by atoms with Crippen molar-refractivity contribution in [2.45, 2.75) is 17.2 Å². The summed E-state index contributed by atoms with van der Waals surface area (Å²) in [6.45, 7) is 3.46. The molecule has 0 spiro atoms. The fraction of sp³-hybridized carbons (Fsp3) is 0.500. The van der Waals surface area contributed by atoms with Crippen molar-refractivity contribution >= 4 is 17.6 Å². The smallest absolute Gasteiger partial charge is 0.144 e. The van der Waals surface area contributed by atoms with Gasteiger partial charge in [-0.25, -0.2) is 15.8 Å². The van der Waals surface area contributed by atoms with Crippen molar-refractivity contribution in [2.75, 3.05) is 18.6 Å². The molecule has 6 heteroatoms. The minimum atomic E-state index is 0.523. The Morgan fingerprint density at radius 2 is 2.36 bits per heavy atom. The van der Waals surface area contributed by atoms with Crippen LogP contribution in [0.1, 0.15) is 5.82 Å². The van der Waals surface area contributed by atoms with Gasteiger partial charge in [0.1, 0.15) is 16.7 Å². The van der Waals surface area contributed by atoms with E-state index in [4.69, 9.17) is 10.6 Å². The lowest BCUT2D eigenvalue weighted by Crippen LogP contribution is -2.30. The number of ether oxygens (including phenoxy) is 1. The van der Waals surface area contributed by atoms with Gasteiger partial charge in [-0.3, -0.25) is 0 Å². The Morgan fingerprint density at radius 1 is 1.57 bits per heavy atom. The second-order valence-corrected chi connectivity index (χ2v) is 4.38. The molecule has 0 aliphatic carbocycles. The molecule has 0 saturated carbocycles. The van der Waals surface area contributed by atoms with E-state index in [0.29, 0.717) is 11.1 Å². The number of hydrazine groups is 1. The molecule has 3 N–H and O–H groups in total.